The predicted octanol–water partition coefficient (Wildman–Crippen LogP) is 2.89. The summed E-state index contributed by atoms with van der Waals surface area (Å²) in [5.41, 5.74) is -0.101. The van der Waals surface area contributed by atoms with Crippen molar-refractivity contribution >= 4 is 23.4 Å². The van der Waals surface area contributed by atoms with Crippen LogP contribution in [0.15, 0.2) is 6.07 Å². The van der Waals surface area contributed by atoms with Gasteiger partial charge in [0.25, 0.3) is 0 Å². The molecule has 0 saturated carbocycles. The van der Waals surface area contributed by atoms with Gasteiger partial charge in [-0.2, -0.15) is 0 Å². The van der Waals surface area contributed by atoms with Crippen molar-refractivity contribution in [2.75, 3.05) is 13.7 Å². The Hall–Kier alpha value is -1.60. The van der Waals surface area contributed by atoms with Gasteiger partial charge in [-0.3, -0.25) is 4.90 Å². The first-order chi connectivity index (χ1) is 10.6. The van der Waals surface area contributed by atoms with Crippen LogP contribution in [0, 0.1) is 6.92 Å². The van der Waals surface area contributed by atoms with Crippen molar-refractivity contribution in [3.8, 4) is 0 Å². The molecule has 128 valence electrons. The molecule has 23 heavy (non-hydrogen) atoms. The van der Waals surface area contributed by atoms with E-state index in [-0.39, 0.29) is 12.6 Å². The number of aliphatic hydroxyl groups excluding tert-OH is 1. The minimum atomic E-state index is -0.600. The summed E-state index contributed by atoms with van der Waals surface area (Å²) in [6.45, 7) is 7.47. The summed E-state index contributed by atoms with van der Waals surface area (Å²) < 4.78 is 10.2. The number of esters is 1. The number of rotatable bonds is 2. The van der Waals surface area contributed by atoms with E-state index >= 15 is 0 Å². The summed E-state index contributed by atoms with van der Waals surface area (Å²) in [7, 11) is 1.34. The number of β-amino-alcohol motifs (C(OH)–C–C–N with tert-alkyl or cyclic N) is 1. The molecule has 1 aliphatic heterocycles. The molecule has 2 atom stereocenters. The average Bonchev–Trinajstić information content (AvgIpc) is 2.99. The van der Waals surface area contributed by atoms with Crippen LogP contribution in [0.25, 0.3) is 0 Å². The number of ether oxygens (including phenoxy) is 2. The van der Waals surface area contributed by atoms with E-state index in [0.717, 1.165) is 9.75 Å². The smallest absolute Gasteiger partial charge is 0.410 e. The van der Waals surface area contributed by atoms with Gasteiger partial charge in [-0.15, -0.1) is 11.3 Å². The number of hydrogen-bond donors (Lipinski definition) is 1. The van der Waals surface area contributed by atoms with Crippen molar-refractivity contribution in [1.29, 1.82) is 0 Å². The molecule has 0 aliphatic carbocycles. The lowest BCUT2D eigenvalue weighted by Gasteiger charge is -2.28. The molecular weight excluding hydrogens is 318 g/mol. The largest absolute Gasteiger partial charge is 0.465 e. The number of carbonyl (C=O) groups excluding carboxylic acids is 2. The van der Waals surface area contributed by atoms with Crippen molar-refractivity contribution < 1.29 is 24.2 Å². The Morgan fingerprint density at radius 1 is 1.39 bits per heavy atom. The number of hydrogen-bond acceptors (Lipinski definition) is 6. The van der Waals surface area contributed by atoms with Gasteiger partial charge in [0.15, 0.2) is 0 Å². The maximum atomic E-state index is 12.4. The predicted molar refractivity (Wildman–Crippen MR) is 86.7 cm³/mol. The SMILES string of the molecule is COC(=O)c1cc(C2CC(O)CN2C(=O)OC(C)(C)C)sc1C. The van der Waals surface area contributed by atoms with Gasteiger partial charge in [-0.1, -0.05) is 0 Å². The van der Waals surface area contributed by atoms with E-state index in [9.17, 15) is 14.7 Å². The third-order valence-corrected chi connectivity index (χ3v) is 4.73. The molecule has 0 spiro atoms. The highest BCUT2D eigenvalue weighted by Gasteiger charge is 2.39. The van der Waals surface area contributed by atoms with Gasteiger partial charge in [0.2, 0.25) is 0 Å². The van der Waals surface area contributed by atoms with Crippen LogP contribution in [0.3, 0.4) is 0 Å². The second-order valence-electron chi connectivity index (χ2n) is 6.65. The number of methoxy groups -OCH3 is 1. The van der Waals surface area contributed by atoms with Crippen LogP contribution in [-0.4, -0.2) is 47.4 Å². The minimum absolute atomic E-state index is 0.226. The molecule has 1 aliphatic rings. The Labute approximate surface area is 140 Å². The molecular formula is C16H23NO5S. The quantitative estimate of drug-likeness (QED) is 0.837. The Balaban J connectivity index is 2.26. The Bertz CT molecular complexity index is 604. The summed E-state index contributed by atoms with van der Waals surface area (Å²) >= 11 is 1.44. The van der Waals surface area contributed by atoms with Gasteiger partial charge < -0.3 is 14.6 Å². The van der Waals surface area contributed by atoms with Crippen molar-refractivity contribution in [2.45, 2.75) is 51.9 Å². The van der Waals surface area contributed by atoms with Crippen LogP contribution in [0.4, 0.5) is 4.79 Å². The third kappa shape index (κ3) is 4.03. The van der Waals surface area contributed by atoms with E-state index in [2.05, 4.69) is 0 Å². The highest BCUT2D eigenvalue weighted by atomic mass is 32.1. The van der Waals surface area contributed by atoms with Crippen LogP contribution in [0.1, 0.15) is 53.3 Å². The summed E-state index contributed by atoms with van der Waals surface area (Å²) in [5, 5.41) is 9.97. The lowest BCUT2D eigenvalue weighted by atomic mass is 10.1. The first kappa shape index (κ1) is 17.7. The summed E-state index contributed by atoms with van der Waals surface area (Å²) in [4.78, 5) is 27.4. The van der Waals surface area contributed by atoms with Gasteiger partial charge >= 0.3 is 12.1 Å². The molecule has 2 rings (SSSR count). The first-order valence-corrected chi connectivity index (χ1v) is 8.30. The van der Waals surface area contributed by atoms with E-state index in [0.29, 0.717) is 12.0 Å². The summed E-state index contributed by atoms with van der Waals surface area (Å²) in [5.74, 6) is -0.396. The van der Waals surface area contributed by atoms with Crippen LogP contribution < -0.4 is 0 Å². The first-order valence-electron chi connectivity index (χ1n) is 7.48. The van der Waals surface area contributed by atoms with Crippen LogP contribution in [-0.2, 0) is 9.47 Å². The Morgan fingerprint density at radius 3 is 2.61 bits per heavy atom. The fraction of sp³-hybridized carbons (Fsp3) is 0.625. The topological polar surface area (TPSA) is 76.1 Å². The van der Waals surface area contributed by atoms with Crippen molar-refractivity contribution in [2.24, 2.45) is 0 Å². The zero-order valence-corrected chi connectivity index (χ0v) is 14.9. The van der Waals surface area contributed by atoms with Gasteiger partial charge in [0, 0.05) is 16.2 Å². The van der Waals surface area contributed by atoms with Gasteiger partial charge in [0.1, 0.15) is 5.60 Å². The Kier molecular flexibility index (Phi) is 5.01. The van der Waals surface area contributed by atoms with E-state index < -0.39 is 23.8 Å². The van der Waals surface area contributed by atoms with E-state index in [1.807, 2.05) is 6.92 Å². The maximum Gasteiger partial charge on any atom is 0.410 e. The zero-order chi connectivity index (χ0) is 17.4. The van der Waals surface area contributed by atoms with Gasteiger partial charge in [0.05, 0.1) is 31.4 Å². The third-order valence-electron chi connectivity index (χ3n) is 3.58. The Morgan fingerprint density at radius 2 is 2.04 bits per heavy atom. The average molecular weight is 341 g/mol. The number of aryl methyl sites for hydroxylation is 1. The molecule has 1 fully saturated rings. The minimum Gasteiger partial charge on any atom is -0.465 e. The van der Waals surface area contributed by atoms with Crippen molar-refractivity contribution in [3.05, 3.63) is 21.4 Å². The number of amides is 1. The molecule has 1 N–H and O–H groups in total. The zero-order valence-electron chi connectivity index (χ0n) is 14.1. The van der Waals surface area contributed by atoms with Crippen LogP contribution in [0.2, 0.25) is 0 Å². The number of aliphatic hydroxyl groups is 1. The fourth-order valence-electron chi connectivity index (χ4n) is 2.59. The molecule has 0 aromatic carbocycles. The molecule has 2 unspecified atom stereocenters. The molecule has 1 amide bonds. The number of carbonyl (C=O) groups is 2. The van der Waals surface area contributed by atoms with E-state index in [4.69, 9.17) is 9.47 Å². The molecule has 6 nitrogen and oxygen atoms in total. The molecule has 1 aromatic rings. The molecule has 1 aromatic heterocycles. The standard InChI is InChI=1S/C16H23NO5S/c1-9-11(14(19)21-5)7-13(23-9)12-6-10(18)8-17(12)15(20)22-16(2,3)4/h7,10,12,18H,6,8H2,1-5H3. The second kappa shape index (κ2) is 6.49. The number of thiophene rings is 1. The molecule has 0 bridgehead atoms. The van der Waals surface area contributed by atoms with Gasteiger partial charge in [-0.25, -0.2) is 9.59 Å². The summed E-state index contributed by atoms with van der Waals surface area (Å²) in [6, 6.07) is 1.45. The fourth-order valence-corrected chi connectivity index (χ4v) is 3.73. The van der Waals surface area contributed by atoms with E-state index in [1.54, 1.807) is 26.8 Å². The molecule has 1 saturated heterocycles. The normalized spacial score (nSPS) is 21.4. The second-order valence-corrected chi connectivity index (χ2v) is 7.94. The lowest BCUT2D eigenvalue weighted by molar-refractivity contribution is 0.0209. The molecule has 2 heterocycles. The monoisotopic (exact) mass is 341 g/mol. The van der Waals surface area contributed by atoms with Gasteiger partial charge in [-0.05, 0) is 33.8 Å². The highest BCUT2D eigenvalue weighted by molar-refractivity contribution is 7.12. The van der Waals surface area contributed by atoms with Crippen molar-refractivity contribution in [3.63, 3.8) is 0 Å². The highest BCUT2D eigenvalue weighted by Crippen LogP contribution is 2.38. The molecule has 7 heteroatoms. The summed E-state index contributed by atoms with van der Waals surface area (Å²) in [6.07, 6.45) is -0.624. The van der Waals surface area contributed by atoms with Crippen LogP contribution >= 0.6 is 11.3 Å². The van der Waals surface area contributed by atoms with Crippen molar-refractivity contribution in [1.82, 2.24) is 4.90 Å². The van der Waals surface area contributed by atoms with Crippen LogP contribution in [0.5, 0.6) is 0 Å². The maximum absolute atomic E-state index is 12.4. The number of likely N-dealkylation sites (tertiary alicyclic amines) is 1. The molecule has 0 radical (unpaired) electrons. The number of nitrogens with zero attached hydrogens (tertiary/aromatic N) is 1. The van der Waals surface area contributed by atoms with E-state index in [1.165, 1.54) is 23.3 Å². The lowest BCUT2D eigenvalue weighted by Crippen LogP contribution is -2.37.